The van der Waals surface area contributed by atoms with Crippen LogP contribution in [0.5, 0.6) is 11.5 Å². The van der Waals surface area contributed by atoms with Gasteiger partial charge in [0.15, 0.2) is 18.1 Å². The van der Waals surface area contributed by atoms with Crippen molar-refractivity contribution in [2.45, 2.75) is 13.5 Å². The molecule has 0 atom stereocenters. The van der Waals surface area contributed by atoms with Gasteiger partial charge in [-0.2, -0.15) is 0 Å². The molecule has 0 heterocycles. The van der Waals surface area contributed by atoms with Crippen molar-refractivity contribution >= 4 is 5.91 Å². The molecule has 1 aromatic rings. The molecular weight excluding hydrogens is 244 g/mol. The molecule has 3 N–H and O–H groups in total. The highest BCUT2D eigenvalue weighted by molar-refractivity contribution is 5.77. The maximum Gasteiger partial charge on any atom is 0.258 e. The molecule has 0 radical (unpaired) electrons. The molecule has 0 aliphatic heterocycles. The first-order valence-corrected chi connectivity index (χ1v) is 6.00. The average molecular weight is 262 g/mol. The fourth-order valence-electron chi connectivity index (χ4n) is 1.41. The second-order valence-corrected chi connectivity index (χ2v) is 3.69. The molecule has 1 amide bonds. The molecule has 0 saturated heterocycles. The third kappa shape index (κ3) is 4.90. The second kappa shape index (κ2) is 8.01. The Morgan fingerprint density at radius 3 is 2.84 bits per heavy atom. The Morgan fingerprint density at radius 1 is 1.42 bits per heavy atom. The predicted octanol–water partition coefficient (Wildman–Crippen LogP) is 0.672. The van der Waals surface area contributed by atoms with Gasteiger partial charge in [0.1, 0.15) is 0 Å². The summed E-state index contributed by atoms with van der Waals surface area (Å²) >= 11 is 0. The molecule has 19 heavy (non-hydrogen) atoms. The molecule has 0 fully saturated rings. The van der Waals surface area contributed by atoms with Gasteiger partial charge in [0.05, 0.1) is 13.2 Å². The Morgan fingerprint density at radius 2 is 2.21 bits per heavy atom. The van der Waals surface area contributed by atoms with Gasteiger partial charge >= 0.3 is 0 Å². The minimum atomic E-state index is -0.275. The van der Waals surface area contributed by atoms with Gasteiger partial charge in [-0.15, -0.1) is 6.42 Å². The van der Waals surface area contributed by atoms with Crippen LogP contribution in [0.2, 0.25) is 0 Å². The quantitative estimate of drug-likeness (QED) is 0.708. The topological polar surface area (TPSA) is 73.6 Å². The summed E-state index contributed by atoms with van der Waals surface area (Å²) in [5.41, 5.74) is 6.50. The van der Waals surface area contributed by atoms with Crippen LogP contribution in [0.3, 0.4) is 0 Å². The van der Waals surface area contributed by atoms with Gasteiger partial charge in [0, 0.05) is 6.54 Å². The highest BCUT2D eigenvalue weighted by Crippen LogP contribution is 2.28. The van der Waals surface area contributed by atoms with Gasteiger partial charge in [-0.1, -0.05) is 12.0 Å². The zero-order valence-electron chi connectivity index (χ0n) is 10.9. The lowest BCUT2D eigenvalue weighted by molar-refractivity contribution is -0.122. The lowest BCUT2D eigenvalue weighted by Crippen LogP contribution is -2.29. The predicted molar refractivity (Wildman–Crippen MR) is 72.8 cm³/mol. The normalized spacial score (nSPS) is 9.53. The fraction of sp³-hybridized carbons (Fsp3) is 0.357. The third-order valence-corrected chi connectivity index (χ3v) is 2.29. The average Bonchev–Trinajstić information content (AvgIpc) is 2.43. The number of carbonyl (C=O) groups is 1. The van der Waals surface area contributed by atoms with E-state index in [1.54, 1.807) is 12.1 Å². The molecule has 0 saturated carbocycles. The summed E-state index contributed by atoms with van der Waals surface area (Å²) in [5, 5.41) is 2.52. The van der Waals surface area contributed by atoms with Crippen molar-refractivity contribution in [2.75, 3.05) is 19.8 Å². The van der Waals surface area contributed by atoms with Crippen molar-refractivity contribution < 1.29 is 14.3 Å². The Kier molecular flexibility index (Phi) is 6.27. The number of ether oxygens (including phenoxy) is 2. The van der Waals surface area contributed by atoms with Crippen molar-refractivity contribution in [3.63, 3.8) is 0 Å². The van der Waals surface area contributed by atoms with E-state index in [-0.39, 0.29) is 19.1 Å². The summed E-state index contributed by atoms with van der Waals surface area (Å²) in [6.07, 6.45) is 5.04. The number of nitrogens with one attached hydrogen (secondary N) is 1. The Labute approximate surface area is 113 Å². The number of benzene rings is 1. The van der Waals surface area contributed by atoms with Crippen molar-refractivity contribution in [1.29, 1.82) is 0 Å². The van der Waals surface area contributed by atoms with Crippen LogP contribution in [0.25, 0.3) is 0 Å². The van der Waals surface area contributed by atoms with Gasteiger partial charge in [0.2, 0.25) is 0 Å². The first-order valence-electron chi connectivity index (χ1n) is 6.00. The van der Waals surface area contributed by atoms with Crippen LogP contribution in [0, 0.1) is 12.3 Å². The molecule has 0 aromatic heterocycles. The Hall–Kier alpha value is -2.19. The first-order chi connectivity index (χ1) is 9.21. The van der Waals surface area contributed by atoms with Crippen LogP contribution in [0.15, 0.2) is 18.2 Å². The summed E-state index contributed by atoms with van der Waals surface area (Å²) in [7, 11) is 0. The van der Waals surface area contributed by atoms with Crippen LogP contribution in [0.4, 0.5) is 0 Å². The van der Waals surface area contributed by atoms with E-state index in [0.29, 0.717) is 24.7 Å². The second-order valence-electron chi connectivity index (χ2n) is 3.69. The van der Waals surface area contributed by atoms with Gasteiger partial charge < -0.3 is 20.5 Å². The lowest BCUT2D eigenvalue weighted by Gasteiger charge is -2.12. The van der Waals surface area contributed by atoms with E-state index in [0.717, 1.165) is 5.56 Å². The maximum absolute atomic E-state index is 11.4. The number of hydrogen-bond acceptors (Lipinski definition) is 4. The Balaban J connectivity index is 2.66. The van der Waals surface area contributed by atoms with Crippen LogP contribution in [-0.2, 0) is 11.3 Å². The van der Waals surface area contributed by atoms with Crippen LogP contribution >= 0.6 is 0 Å². The number of rotatable bonds is 7. The van der Waals surface area contributed by atoms with Gasteiger partial charge in [0.25, 0.3) is 5.91 Å². The smallest absolute Gasteiger partial charge is 0.258 e. The van der Waals surface area contributed by atoms with Gasteiger partial charge in [-0.3, -0.25) is 4.79 Å². The van der Waals surface area contributed by atoms with E-state index >= 15 is 0 Å². The van der Waals surface area contributed by atoms with Crippen LogP contribution in [-0.4, -0.2) is 25.7 Å². The minimum Gasteiger partial charge on any atom is -0.490 e. The van der Waals surface area contributed by atoms with E-state index in [2.05, 4.69) is 11.2 Å². The summed E-state index contributed by atoms with van der Waals surface area (Å²) in [4.78, 5) is 11.4. The fourth-order valence-corrected chi connectivity index (χ4v) is 1.41. The SMILES string of the molecule is C#CCNC(=O)COc1ccc(CN)cc1OCC. The molecule has 0 unspecified atom stereocenters. The monoisotopic (exact) mass is 262 g/mol. The molecule has 1 aromatic carbocycles. The molecule has 1 rings (SSSR count). The Bertz CT molecular complexity index is 466. The van der Waals surface area contributed by atoms with E-state index in [1.165, 1.54) is 0 Å². The van der Waals surface area contributed by atoms with Gasteiger partial charge in [-0.05, 0) is 24.6 Å². The number of terminal acetylenes is 1. The molecule has 0 aliphatic rings. The standard InChI is InChI=1S/C14H18N2O3/c1-3-7-16-14(17)10-19-12-6-5-11(9-15)8-13(12)18-4-2/h1,5-6,8H,4,7,9-10,15H2,2H3,(H,16,17). The summed E-state index contributed by atoms with van der Waals surface area (Å²) in [6.45, 7) is 2.88. The van der Waals surface area contributed by atoms with Crippen LogP contribution in [0.1, 0.15) is 12.5 Å². The van der Waals surface area contributed by atoms with Crippen molar-refractivity contribution in [3.8, 4) is 23.8 Å². The number of carbonyl (C=O) groups excluding carboxylic acids is 1. The zero-order valence-corrected chi connectivity index (χ0v) is 10.9. The van der Waals surface area contributed by atoms with E-state index in [9.17, 15) is 4.79 Å². The number of amides is 1. The zero-order chi connectivity index (χ0) is 14.1. The van der Waals surface area contributed by atoms with E-state index in [1.807, 2.05) is 13.0 Å². The highest BCUT2D eigenvalue weighted by Gasteiger charge is 2.08. The van der Waals surface area contributed by atoms with Gasteiger partial charge in [-0.25, -0.2) is 0 Å². The van der Waals surface area contributed by atoms with E-state index in [4.69, 9.17) is 21.6 Å². The molecule has 102 valence electrons. The van der Waals surface area contributed by atoms with Crippen molar-refractivity contribution in [3.05, 3.63) is 23.8 Å². The largest absolute Gasteiger partial charge is 0.490 e. The third-order valence-electron chi connectivity index (χ3n) is 2.29. The summed E-state index contributed by atoms with van der Waals surface area (Å²) in [6, 6.07) is 5.37. The minimum absolute atomic E-state index is 0.107. The first kappa shape index (κ1) is 14.9. The van der Waals surface area contributed by atoms with Crippen molar-refractivity contribution in [1.82, 2.24) is 5.32 Å². The molecule has 5 nitrogen and oxygen atoms in total. The molecule has 0 bridgehead atoms. The summed E-state index contributed by atoms with van der Waals surface area (Å²) in [5.74, 6) is 3.13. The molecule has 0 aliphatic carbocycles. The maximum atomic E-state index is 11.4. The molecular formula is C14H18N2O3. The van der Waals surface area contributed by atoms with Crippen molar-refractivity contribution in [2.24, 2.45) is 5.73 Å². The number of hydrogen-bond donors (Lipinski definition) is 2. The lowest BCUT2D eigenvalue weighted by atomic mass is 10.2. The summed E-state index contributed by atoms with van der Waals surface area (Å²) < 4.78 is 10.8. The highest BCUT2D eigenvalue weighted by atomic mass is 16.5. The van der Waals surface area contributed by atoms with Crippen LogP contribution < -0.4 is 20.5 Å². The molecule has 5 heteroatoms. The number of nitrogens with two attached hydrogens (primary N) is 1. The molecule has 0 spiro atoms. The van der Waals surface area contributed by atoms with E-state index < -0.39 is 0 Å².